The largest absolute Gasteiger partial charge is 0.494 e. The van der Waals surface area contributed by atoms with Crippen molar-refractivity contribution in [3.8, 4) is 5.75 Å². The lowest BCUT2D eigenvalue weighted by atomic mass is 9.73. The van der Waals surface area contributed by atoms with Gasteiger partial charge in [-0.25, -0.2) is 0 Å². The van der Waals surface area contributed by atoms with Crippen molar-refractivity contribution >= 4 is 11.6 Å². The Morgan fingerprint density at radius 1 is 1.13 bits per heavy atom. The van der Waals surface area contributed by atoms with Gasteiger partial charge >= 0.3 is 0 Å². The molecule has 3 unspecified atom stereocenters. The van der Waals surface area contributed by atoms with Crippen LogP contribution in [-0.2, 0) is 11.2 Å². The lowest BCUT2D eigenvalue weighted by molar-refractivity contribution is -0.371. The number of hydrogen-bond donors (Lipinski definition) is 4. The Morgan fingerprint density at radius 3 is 2.39 bits per heavy atom. The number of hydrogen-bond acceptors (Lipinski definition) is 6. The van der Waals surface area contributed by atoms with E-state index in [2.05, 4.69) is 0 Å². The van der Waals surface area contributed by atoms with Gasteiger partial charge in [0.2, 0.25) is 0 Å². The van der Waals surface area contributed by atoms with Crippen LogP contribution in [0.3, 0.4) is 0 Å². The molecule has 0 aromatic heterocycles. The minimum Gasteiger partial charge on any atom is -0.494 e. The van der Waals surface area contributed by atoms with Crippen molar-refractivity contribution in [2.75, 3.05) is 6.61 Å². The Morgan fingerprint density at radius 2 is 1.81 bits per heavy atom. The number of benzene rings is 1. The van der Waals surface area contributed by atoms with Crippen LogP contribution in [-0.4, -0.2) is 56.7 Å². The third-order valence-electron chi connectivity index (χ3n) is 7.50. The molecule has 0 bridgehead atoms. The second kappa shape index (κ2) is 7.30. The second-order valence-corrected chi connectivity index (χ2v) is 9.85. The predicted octanol–water partition coefficient (Wildman–Crippen LogP) is 2.42. The molecule has 1 aromatic rings. The molecule has 31 heavy (non-hydrogen) atoms. The van der Waals surface area contributed by atoms with E-state index >= 15 is 0 Å². The minimum atomic E-state index is -1.90. The standard InChI is InChI=1S/C24H29ClO6/c1-2-30-17-6-3-14(4-7-17)11-15-12-16(5-8-18(15)25)24(29)21(28)22(9-10-22)20(27)23(31-24)13-19(23)26/h3-8,16,19-21,26-29H,2,9-13H2,1H3/t16?,19?,20-,21+,23-,24?/m0/s1. The molecule has 7 heteroatoms. The van der Waals surface area contributed by atoms with Gasteiger partial charge in [0.15, 0.2) is 5.79 Å². The summed E-state index contributed by atoms with van der Waals surface area (Å²) in [4.78, 5) is 0. The highest BCUT2D eigenvalue weighted by Crippen LogP contribution is 2.67. The Bertz CT molecular complexity index is 921. The van der Waals surface area contributed by atoms with E-state index < -0.39 is 41.0 Å². The van der Waals surface area contributed by atoms with Crippen molar-refractivity contribution in [2.24, 2.45) is 11.3 Å². The van der Waals surface area contributed by atoms with Crippen LogP contribution in [0.25, 0.3) is 0 Å². The Kier molecular flexibility index (Phi) is 5.05. The quantitative estimate of drug-likeness (QED) is 0.552. The van der Waals surface area contributed by atoms with Crippen LogP contribution in [0.5, 0.6) is 5.75 Å². The highest BCUT2D eigenvalue weighted by atomic mass is 35.5. The Balaban J connectivity index is 1.37. The summed E-state index contributed by atoms with van der Waals surface area (Å²) in [6, 6.07) is 7.81. The SMILES string of the molecule is CCOc1ccc(CC2=C(Cl)C=CC(C3(O)O[C@]4(CC4O)[C@@H](O)C4(CC4)[C@H]3O)C2)cc1. The van der Waals surface area contributed by atoms with E-state index in [9.17, 15) is 20.4 Å². The highest BCUT2D eigenvalue weighted by molar-refractivity contribution is 6.31. The first kappa shape index (κ1) is 21.4. The zero-order valence-electron chi connectivity index (χ0n) is 17.5. The van der Waals surface area contributed by atoms with Crippen LogP contribution in [0.15, 0.2) is 47.0 Å². The van der Waals surface area contributed by atoms with Crippen molar-refractivity contribution in [2.45, 2.75) is 68.7 Å². The van der Waals surface area contributed by atoms with Gasteiger partial charge in [-0.1, -0.05) is 29.8 Å². The average molecular weight is 449 g/mol. The summed E-state index contributed by atoms with van der Waals surface area (Å²) in [5.74, 6) is -1.63. The first-order valence-electron chi connectivity index (χ1n) is 11.0. The van der Waals surface area contributed by atoms with Crippen molar-refractivity contribution in [3.05, 3.63) is 52.6 Å². The molecular weight excluding hydrogens is 420 g/mol. The monoisotopic (exact) mass is 448 g/mol. The van der Waals surface area contributed by atoms with E-state index in [1.165, 1.54) is 0 Å². The van der Waals surface area contributed by atoms with Crippen LogP contribution in [0, 0.1) is 11.3 Å². The zero-order chi connectivity index (χ0) is 22.0. The second-order valence-electron chi connectivity index (χ2n) is 9.44. The molecule has 1 saturated heterocycles. The summed E-state index contributed by atoms with van der Waals surface area (Å²) < 4.78 is 11.5. The van der Waals surface area contributed by atoms with Gasteiger partial charge < -0.3 is 29.9 Å². The van der Waals surface area contributed by atoms with E-state index in [-0.39, 0.29) is 6.42 Å². The molecule has 0 amide bonds. The third kappa shape index (κ3) is 3.27. The summed E-state index contributed by atoms with van der Waals surface area (Å²) in [6.07, 6.45) is 2.91. The van der Waals surface area contributed by atoms with Crippen molar-refractivity contribution in [1.29, 1.82) is 0 Å². The first-order chi connectivity index (χ1) is 14.7. The van der Waals surface area contributed by atoms with E-state index in [0.717, 1.165) is 16.9 Å². The molecule has 0 radical (unpaired) electrons. The first-order valence-corrected chi connectivity index (χ1v) is 11.4. The summed E-state index contributed by atoms with van der Waals surface area (Å²) in [6.45, 7) is 2.55. The summed E-state index contributed by atoms with van der Waals surface area (Å²) >= 11 is 6.49. The topological polar surface area (TPSA) is 99.4 Å². The Hall–Kier alpha value is -1.41. The van der Waals surface area contributed by atoms with Crippen molar-refractivity contribution < 1.29 is 29.9 Å². The summed E-state index contributed by atoms with van der Waals surface area (Å²) in [7, 11) is 0. The van der Waals surface area contributed by atoms with E-state index in [4.69, 9.17) is 21.1 Å². The molecule has 168 valence electrons. The van der Waals surface area contributed by atoms with Gasteiger partial charge in [0.1, 0.15) is 17.5 Å². The molecule has 6 nitrogen and oxygen atoms in total. The summed E-state index contributed by atoms with van der Waals surface area (Å²) in [5, 5.41) is 44.3. The molecular formula is C24H29ClO6. The molecule has 2 saturated carbocycles. The van der Waals surface area contributed by atoms with Gasteiger partial charge in [0.25, 0.3) is 0 Å². The molecule has 6 atom stereocenters. The summed E-state index contributed by atoms with van der Waals surface area (Å²) in [5.41, 5.74) is -0.0215. The smallest absolute Gasteiger partial charge is 0.200 e. The number of rotatable bonds is 5. The average Bonchev–Trinajstić information content (AvgIpc) is 3.66. The highest BCUT2D eigenvalue weighted by Gasteiger charge is 2.79. The molecule has 4 N–H and O–H groups in total. The molecule has 2 spiro atoms. The van der Waals surface area contributed by atoms with Gasteiger partial charge in [-0.3, -0.25) is 0 Å². The maximum absolute atomic E-state index is 11.6. The van der Waals surface area contributed by atoms with E-state index in [1.54, 1.807) is 12.2 Å². The maximum Gasteiger partial charge on any atom is 0.200 e. The minimum absolute atomic E-state index is 0.261. The van der Waals surface area contributed by atoms with Crippen molar-refractivity contribution in [1.82, 2.24) is 0 Å². The normalized spacial score (nSPS) is 40.5. The third-order valence-corrected chi connectivity index (χ3v) is 7.90. The van der Waals surface area contributed by atoms with E-state index in [1.807, 2.05) is 31.2 Å². The van der Waals surface area contributed by atoms with Crippen LogP contribution >= 0.6 is 11.6 Å². The molecule has 3 aliphatic carbocycles. The number of aliphatic hydroxyl groups is 4. The van der Waals surface area contributed by atoms with Crippen LogP contribution in [0.1, 0.15) is 38.2 Å². The van der Waals surface area contributed by atoms with Gasteiger partial charge in [0, 0.05) is 22.8 Å². The molecule has 1 aliphatic heterocycles. The van der Waals surface area contributed by atoms with Gasteiger partial charge in [-0.15, -0.1) is 0 Å². The number of halogens is 1. The van der Waals surface area contributed by atoms with Crippen LogP contribution < -0.4 is 4.74 Å². The molecule has 5 rings (SSSR count). The lowest BCUT2D eigenvalue weighted by Crippen LogP contribution is -2.67. The van der Waals surface area contributed by atoms with Crippen LogP contribution in [0.4, 0.5) is 0 Å². The van der Waals surface area contributed by atoms with Crippen molar-refractivity contribution in [3.63, 3.8) is 0 Å². The Labute approximate surface area is 186 Å². The number of aliphatic hydroxyl groups excluding tert-OH is 3. The number of ether oxygens (including phenoxy) is 2. The van der Waals surface area contributed by atoms with Gasteiger partial charge in [-0.2, -0.15) is 0 Å². The molecule has 1 aromatic carbocycles. The fraction of sp³-hybridized carbons (Fsp3) is 0.583. The van der Waals surface area contributed by atoms with Crippen LogP contribution in [0.2, 0.25) is 0 Å². The van der Waals surface area contributed by atoms with E-state index in [0.29, 0.717) is 37.3 Å². The fourth-order valence-electron chi connectivity index (χ4n) is 5.39. The molecule has 4 aliphatic rings. The number of allylic oxidation sites excluding steroid dienone is 3. The zero-order valence-corrected chi connectivity index (χ0v) is 18.3. The fourth-order valence-corrected chi connectivity index (χ4v) is 5.60. The van der Waals surface area contributed by atoms with Gasteiger partial charge in [0.05, 0.1) is 18.8 Å². The molecule has 1 heterocycles. The predicted molar refractivity (Wildman–Crippen MR) is 115 cm³/mol. The maximum atomic E-state index is 11.6. The lowest BCUT2D eigenvalue weighted by Gasteiger charge is -2.52. The molecule has 3 fully saturated rings. The van der Waals surface area contributed by atoms with Gasteiger partial charge in [-0.05, 0) is 62.0 Å².